The van der Waals surface area contributed by atoms with Crippen LogP contribution in [-0.2, 0) is 0 Å². The lowest BCUT2D eigenvalue weighted by molar-refractivity contribution is 0.346. The highest BCUT2D eigenvalue weighted by Crippen LogP contribution is 2.38. The molecule has 0 aliphatic rings. The predicted octanol–water partition coefficient (Wildman–Crippen LogP) is 6.54. The molecular formula is C33H31N3O6. The molecule has 0 fully saturated rings. The average molecular weight is 566 g/mol. The summed E-state index contributed by atoms with van der Waals surface area (Å²) in [6, 6.07) is 14.8. The molecular weight excluding hydrogens is 534 g/mol. The molecule has 0 radical (unpaired) electrons. The van der Waals surface area contributed by atoms with Gasteiger partial charge in [-0.25, -0.2) is 15.0 Å². The molecule has 9 nitrogen and oxygen atoms in total. The van der Waals surface area contributed by atoms with Gasteiger partial charge in [-0.2, -0.15) is 0 Å². The Bertz CT molecular complexity index is 1520. The van der Waals surface area contributed by atoms with Crippen LogP contribution in [0.1, 0.15) is 0 Å². The first-order valence-electron chi connectivity index (χ1n) is 13.0. The van der Waals surface area contributed by atoms with Crippen molar-refractivity contribution in [2.24, 2.45) is 0 Å². The Balaban J connectivity index is 1.88. The van der Waals surface area contributed by atoms with E-state index in [9.17, 15) is 10.2 Å². The maximum absolute atomic E-state index is 10.9. The van der Waals surface area contributed by atoms with Gasteiger partial charge in [0.15, 0.2) is 17.5 Å². The summed E-state index contributed by atoms with van der Waals surface area (Å²) in [4.78, 5) is 14.0. The van der Waals surface area contributed by atoms with Crippen molar-refractivity contribution in [2.45, 2.75) is 0 Å². The van der Waals surface area contributed by atoms with Gasteiger partial charge < -0.3 is 29.2 Å². The monoisotopic (exact) mass is 565 g/mol. The van der Waals surface area contributed by atoms with Crippen LogP contribution in [-0.4, -0.2) is 51.6 Å². The number of rotatable bonds is 15. The number of hydrogen-bond donors (Lipinski definition) is 2. The molecule has 0 bridgehead atoms. The third-order valence-electron chi connectivity index (χ3n) is 5.71. The molecule has 0 atom stereocenters. The van der Waals surface area contributed by atoms with Crippen LogP contribution in [0.15, 0.2) is 105 Å². The minimum Gasteiger partial charge on any atom is -0.507 e. The fourth-order valence-electron chi connectivity index (χ4n) is 3.83. The lowest BCUT2D eigenvalue weighted by atomic mass is 10.1. The van der Waals surface area contributed by atoms with E-state index in [2.05, 4.69) is 41.3 Å². The van der Waals surface area contributed by atoms with E-state index in [0.29, 0.717) is 46.3 Å². The van der Waals surface area contributed by atoms with Crippen molar-refractivity contribution >= 4 is 0 Å². The van der Waals surface area contributed by atoms with Gasteiger partial charge in [0.05, 0.1) is 16.7 Å². The molecule has 4 aromatic rings. The average Bonchev–Trinajstić information content (AvgIpc) is 3.00. The van der Waals surface area contributed by atoms with E-state index in [-0.39, 0.29) is 48.8 Å². The van der Waals surface area contributed by atoms with Crippen molar-refractivity contribution in [1.29, 1.82) is 0 Å². The lowest BCUT2D eigenvalue weighted by Gasteiger charge is -2.14. The van der Waals surface area contributed by atoms with Gasteiger partial charge in [0.25, 0.3) is 0 Å². The number of benzene rings is 3. The molecule has 0 saturated carbocycles. The van der Waals surface area contributed by atoms with Gasteiger partial charge in [0.2, 0.25) is 0 Å². The molecule has 0 spiro atoms. The van der Waals surface area contributed by atoms with Crippen molar-refractivity contribution in [3.8, 4) is 68.7 Å². The fourth-order valence-corrected chi connectivity index (χ4v) is 3.83. The molecule has 3 aromatic carbocycles. The second-order valence-electron chi connectivity index (χ2n) is 8.72. The van der Waals surface area contributed by atoms with Crippen molar-refractivity contribution in [1.82, 2.24) is 15.0 Å². The number of ether oxygens (including phenoxy) is 4. The van der Waals surface area contributed by atoms with Gasteiger partial charge in [-0.3, -0.25) is 0 Å². The summed E-state index contributed by atoms with van der Waals surface area (Å²) in [6.45, 7) is 15.8. The summed E-state index contributed by atoms with van der Waals surface area (Å²) in [6.07, 6.45) is 6.47. The third-order valence-corrected chi connectivity index (χ3v) is 5.71. The van der Waals surface area contributed by atoms with Gasteiger partial charge in [0, 0.05) is 18.2 Å². The number of aromatic nitrogens is 3. The minimum atomic E-state index is -0.103. The van der Waals surface area contributed by atoms with Crippen LogP contribution in [0.4, 0.5) is 0 Å². The zero-order valence-corrected chi connectivity index (χ0v) is 23.0. The highest BCUT2D eigenvalue weighted by molar-refractivity contribution is 5.74. The first-order chi connectivity index (χ1) is 20.5. The molecule has 2 N–H and O–H groups in total. The standard InChI is InChI=1S/C33H31N3O6/c1-5-15-39-22-9-12-25(28(37)19-22)31-34-32(26-13-10-23(20-29(26)38)40-16-6-2)36-33(35-31)27-14-11-24(41-17-7-3)21-30(27)42-18-8-4/h5-14,19-21,37-38H,1-4,15-18H2. The van der Waals surface area contributed by atoms with E-state index < -0.39 is 0 Å². The van der Waals surface area contributed by atoms with E-state index in [4.69, 9.17) is 18.9 Å². The van der Waals surface area contributed by atoms with Gasteiger partial charge in [-0.1, -0.05) is 50.6 Å². The lowest BCUT2D eigenvalue weighted by Crippen LogP contribution is -2.03. The number of phenols is 2. The van der Waals surface area contributed by atoms with Gasteiger partial charge in [0.1, 0.15) is 60.9 Å². The maximum Gasteiger partial charge on any atom is 0.167 e. The Morgan fingerprint density at radius 3 is 1.26 bits per heavy atom. The zero-order valence-electron chi connectivity index (χ0n) is 23.0. The van der Waals surface area contributed by atoms with Crippen LogP contribution in [0.2, 0.25) is 0 Å². The Labute approximate surface area is 244 Å². The molecule has 9 heteroatoms. The Hall–Kier alpha value is -5.57. The van der Waals surface area contributed by atoms with Crippen molar-refractivity contribution in [3.63, 3.8) is 0 Å². The van der Waals surface area contributed by atoms with E-state index in [1.807, 2.05) is 0 Å². The SMILES string of the molecule is C=CCOc1ccc(-c2nc(-c3ccc(OCC=C)cc3O)nc(-c3ccc(OCC=C)cc3OCC=C)n2)c(O)c1. The van der Waals surface area contributed by atoms with E-state index in [1.165, 1.54) is 12.1 Å². The predicted molar refractivity (Wildman–Crippen MR) is 162 cm³/mol. The zero-order chi connectivity index (χ0) is 29.9. The smallest absolute Gasteiger partial charge is 0.167 e. The van der Waals surface area contributed by atoms with E-state index in [1.54, 1.807) is 66.8 Å². The number of nitrogens with zero attached hydrogens (tertiary/aromatic N) is 3. The third kappa shape index (κ3) is 7.14. The minimum absolute atomic E-state index is 0.103. The Morgan fingerprint density at radius 2 is 0.857 bits per heavy atom. The maximum atomic E-state index is 10.9. The topological polar surface area (TPSA) is 116 Å². The summed E-state index contributed by atoms with van der Waals surface area (Å²) in [7, 11) is 0. The molecule has 214 valence electrons. The fraction of sp³-hybridized carbons (Fsp3) is 0.121. The first kappa shape index (κ1) is 29.4. The first-order valence-corrected chi connectivity index (χ1v) is 13.0. The molecule has 0 unspecified atom stereocenters. The molecule has 42 heavy (non-hydrogen) atoms. The van der Waals surface area contributed by atoms with Gasteiger partial charge >= 0.3 is 0 Å². The Morgan fingerprint density at radius 1 is 0.500 bits per heavy atom. The quantitative estimate of drug-likeness (QED) is 0.155. The normalized spacial score (nSPS) is 10.4. The molecule has 0 saturated heterocycles. The van der Waals surface area contributed by atoms with E-state index in [0.717, 1.165) is 0 Å². The highest BCUT2D eigenvalue weighted by Gasteiger charge is 2.20. The van der Waals surface area contributed by atoms with Crippen LogP contribution >= 0.6 is 0 Å². The second-order valence-corrected chi connectivity index (χ2v) is 8.72. The number of aromatic hydroxyl groups is 2. The van der Waals surface area contributed by atoms with Crippen LogP contribution in [0, 0.1) is 0 Å². The summed E-state index contributed by atoms with van der Waals surface area (Å²) >= 11 is 0. The van der Waals surface area contributed by atoms with Crippen molar-refractivity contribution in [2.75, 3.05) is 26.4 Å². The van der Waals surface area contributed by atoms with Crippen molar-refractivity contribution < 1.29 is 29.2 Å². The molecule has 1 heterocycles. The molecule has 0 aliphatic heterocycles. The summed E-state index contributed by atoms with van der Waals surface area (Å²) in [5.41, 5.74) is 1.19. The number of hydrogen-bond acceptors (Lipinski definition) is 9. The summed E-state index contributed by atoms with van der Waals surface area (Å²) in [5.74, 6) is 2.26. The van der Waals surface area contributed by atoms with Crippen LogP contribution < -0.4 is 18.9 Å². The van der Waals surface area contributed by atoms with Crippen LogP contribution in [0.3, 0.4) is 0 Å². The number of phenolic OH excluding ortho intramolecular Hbond substituents is 2. The highest BCUT2D eigenvalue weighted by atomic mass is 16.5. The van der Waals surface area contributed by atoms with Gasteiger partial charge in [-0.05, 0) is 36.4 Å². The molecule has 1 aromatic heterocycles. The Kier molecular flexibility index (Phi) is 9.93. The van der Waals surface area contributed by atoms with Crippen LogP contribution in [0.25, 0.3) is 34.2 Å². The summed E-state index contributed by atoms with van der Waals surface area (Å²) in [5, 5.41) is 21.8. The van der Waals surface area contributed by atoms with Crippen LogP contribution in [0.5, 0.6) is 34.5 Å². The summed E-state index contributed by atoms with van der Waals surface area (Å²) < 4.78 is 22.7. The largest absolute Gasteiger partial charge is 0.507 e. The second kappa shape index (κ2) is 14.2. The molecule has 4 rings (SSSR count). The molecule has 0 aliphatic carbocycles. The van der Waals surface area contributed by atoms with E-state index >= 15 is 0 Å². The van der Waals surface area contributed by atoms with Gasteiger partial charge in [-0.15, -0.1) is 0 Å². The molecule has 0 amide bonds. The van der Waals surface area contributed by atoms with Crippen molar-refractivity contribution in [3.05, 3.63) is 105 Å².